The highest BCUT2D eigenvalue weighted by atomic mass is 31.2. The summed E-state index contributed by atoms with van der Waals surface area (Å²) in [5, 5.41) is 17.4. The standard InChI is InChI=1S/C22H18NO2P/c24-21-16-20(22(25)23-21)26(17-10-4-1-5-11-17,18-12-6-2-7-13-18)19-14-8-3-9-15-19/h1-15H,16H2,(H-,23,24,25)/p+1. The van der Waals surface area contributed by atoms with Gasteiger partial charge in [-0.15, -0.1) is 0 Å². The number of aliphatic hydroxyl groups is 1. The van der Waals surface area contributed by atoms with Gasteiger partial charge in [-0.1, -0.05) is 54.6 Å². The first-order valence-corrected chi connectivity index (χ1v) is 10.3. The van der Waals surface area contributed by atoms with Crippen molar-refractivity contribution in [2.75, 3.05) is 0 Å². The smallest absolute Gasteiger partial charge is 0.234 e. The normalized spacial score (nSPS) is 14.4. The Kier molecular flexibility index (Phi) is 4.32. The van der Waals surface area contributed by atoms with E-state index in [2.05, 4.69) is 41.7 Å². The number of aliphatic hydroxyl groups excluding tert-OH is 1. The number of amides is 1. The van der Waals surface area contributed by atoms with Gasteiger partial charge in [-0.3, -0.25) is 10.1 Å². The summed E-state index contributed by atoms with van der Waals surface area (Å²) in [6.45, 7) is 0. The van der Waals surface area contributed by atoms with Gasteiger partial charge in [-0.2, -0.15) is 0 Å². The Balaban J connectivity index is 2.11. The first kappa shape index (κ1) is 16.6. The number of nitrogens with one attached hydrogen (secondary N) is 1. The molecule has 1 aliphatic heterocycles. The second kappa shape index (κ2) is 6.78. The van der Waals surface area contributed by atoms with E-state index in [-0.39, 0.29) is 18.2 Å². The molecule has 4 rings (SSSR count). The first-order chi connectivity index (χ1) is 12.7. The van der Waals surface area contributed by atoms with Crippen LogP contribution in [0.4, 0.5) is 0 Å². The fourth-order valence-corrected chi connectivity index (χ4v) is 8.07. The largest absolute Gasteiger partial charge is 0.492 e. The molecule has 3 aromatic carbocycles. The summed E-state index contributed by atoms with van der Waals surface area (Å²) in [7, 11) is -2.35. The zero-order valence-corrected chi connectivity index (χ0v) is 15.1. The molecule has 4 heteroatoms. The lowest BCUT2D eigenvalue weighted by atomic mass is 10.3. The van der Waals surface area contributed by atoms with Gasteiger partial charge >= 0.3 is 0 Å². The van der Waals surface area contributed by atoms with Gasteiger partial charge in [0.1, 0.15) is 23.2 Å². The van der Waals surface area contributed by atoms with Crippen LogP contribution in [0, 0.1) is 0 Å². The van der Waals surface area contributed by atoms with E-state index < -0.39 is 7.26 Å². The molecule has 1 heterocycles. The Bertz CT molecular complexity index is 857. The monoisotopic (exact) mass is 360 g/mol. The SMILES string of the molecule is O=C1CC([P+](c2ccccc2)(c2ccccc2)c2ccccc2)=C(O)N1. The Morgan fingerprint density at radius 1 is 0.692 bits per heavy atom. The molecule has 0 radical (unpaired) electrons. The molecule has 26 heavy (non-hydrogen) atoms. The molecule has 0 spiro atoms. The van der Waals surface area contributed by atoms with Crippen molar-refractivity contribution in [2.45, 2.75) is 6.42 Å². The maximum atomic E-state index is 12.1. The molecule has 2 N–H and O–H groups in total. The molecular weight excluding hydrogens is 341 g/mol. The zero-order valence-electron chi connectivity index (χ0n) is 14.2. The highest BCUT2D eigenvalue weighted by molar-refractivity contribution is 7.99. The molecule has 0 aromatic heterocycles. The van der Waals surface area contributed by atoms with E-state index >= 15 is 0 Å². The summed E-state index contributed by atoms with van der Waals surface area (Å²) >= 11 is 0. The zero-order chi connectivity index (χ0) is 18.0. The molecule has 0 saturated carbocycles. The van der Waals surface area contributed by atoms with Crippen molar-refractivity contribution >= 4 is 29.1 Å². The Hall–Kier alpha value is -2.90. The second-order valence-corrected chi connectivity index (χ2v) is 9.63. The van der Waals surface area contributed by atoms with E-state index in [9.17, 15) is 9.90 Å². The molecule has 1 aliphatic rings. The number of rotatable bonds is 4. The van der Waals surface area contributed by atoms with Crippen LogP contribution in [0.15, 0.2) is 102 Å². The van der Waals surface area contributed by atoms with Crippen molar-refractivity contribution in [1.29, 1.82) is 0 Å². The predicted molar refractivity (Wildman–Crippen MR) is 108 cm³/mol. The highest BCUT2D eigenvalue weighted by Gasteiger charge is 2.53. The molecule has 3 aromatic rings. The lowest BCUT2D eigenvalue weighted by Crippen LogP contribution is -2.32. The van der Waals surface area contributed by atoms with Crippen LogP contribution < -0.4 is 21.2 Å². The van der Waals surface area contributed by atoms with Crippen LogP contribution >= 0.6 is 7.26 Å². The van der Waals surface area contributed by atoms with Gasteiger partial charge < -0.3 is 5.11 Å². The molecule has 0 saturated heterocycles. The van der Waals surface area contributed by atoms with Crippen LogP contribution in [0.3, 0.4) is 0 Å². The summed E-state index contributed by atoms with van der Waals surface area (Å²) in [5.74, 6) is -0.162. The summed E-state index contributed by atoms with van der Waals surface area (Å²) in [5.41, 5.74) is 0. The van der Waals surface area contributed by atoms with Crippen LogP contribution in [0.1, 0.15) is 6.42 Å². The average molecular weight is 360 g/mol. The molecule has 0 bridgehead atoms. The van der Waals surface area contributed by atoms with E-state index in [0.29, 0.717) is 0 Å². The second-order valence-electron chi connectivity index (χ2n) is 6.20. The average Bonchev–Trinajstić information content (AvgIpc) is 3.03. The van der Waals surface area contributed by atoms with E-state index in [1.54, 1.807) is 0 Å². The number of hydrogen-bond acceptors (Lipinski definition) is 2. The number of carbonyl (C=O) groups is 1. The van der Waals surface area contributed by atoms with Gasteiger partial charge in [0.2, 0.25) is 11.8 Å². The fourth-order valence-electron chi connectivity index (χ4n) is 3.63. The van der Waals surface area contributed by atoms with Gasteiger partial charge in [0.05, 0.1) is 6.42 Å². The van der Waals surface area contributed by atoms with Gasteiger partial charge in [0, 0.05) is 0 Å². The Morgan fingerprint density at radius 2 is 1.08 bits per heavy atom. The van der Waals surface area contributed by atoms with Gasteiger partial charge in [-0.05, 0) is 36.4 Å². The predicted octanol–water partition coefficient (Wildman–Crippen LogP) is 3.23. The third kappa shape index (κ3) is 2.61. The van der Waals surface area contributed by atoms with Crippen molar-refractivity contribution in [3.63, 3.8) is 0 Å². The molecular formula is C22H19NO2P+. The Morgan fingerprint density at radius 3 is 1.38 bits per heavy atom. The van der Waals surface area contributed by atoms with Gasteiger partial charge in [0.25, 0.3) is 0 Å². The quantitative estimate of drug-likeness (QED) is 0.702. The minimum atomic E-state index is -2.35. The molecule has 3 nitrogen and oxygen atoms in total. The summed E-state index contributed by atoms with van der Waals surface area (Å²) in [4.78, 5) is 12.1. The lowest BCUT2D eigenvalue weighted by Gasteiger charge is -2.27. The minimum Gasteiger partial charge on any atom is -0.492 e. The molecule has 0 aliphatic carbocycles. The van der Waals surface area contributed by atoms with Gasteiger partial charge in [-0.25, -0.2) is 0 Å². The third-order valence-electron chi connectivity index (χ3n) is 4.69. The first-order valence-electron chi connectivity index (χ1n) is 8.51. The number of benzene rings is 3. The summed E-state index contributed by atoms with van der Waals surface area (Å²) in [6, 6.07) is 30.6. The van der Waals surface area contributed by atoms with Crippen LogP contribution in [-0.4, -0.2) is 11.0 Å². The maximum absolute atomic E-state index is 12.1. The maximum Gasteiger partial charge on any atom is 0.234 e. The molecule has 0 atom stereocenters. The lowest BCUT2D eigenvalue weighted by molar-refractivity contribution is -0.119. The summed E-state index contributed by atoms with van der Waals surface area (Å²) in [6.07, 6.45) is 0.207. The van der Waals surface area contributed by atoms with Crippen LogP contribution in [0.5, 0.6) is 0 Å². The molecule has 1 amide bonds. The van der Waals surface area contributed by atoms with Crippen molar-refractivity contribution < 1.29 is 9.90 Å². The van der Waals surface area contributed by atoms with Crippen LogP contribution in [-0.2, 0) is 4.79 Å². The van der Waals surface area contributed by atoms with Gasteiger partial charge in [0.15, 0.2) is 5.31 Å². The van der Waals surface area contributed by atoms with Crippen molar-refractivity contribution in [1.82, 2.24) is 5.32 Å². The number of hydrogen-bond donors (Lipinski definition) is 2. The van der Waals surface area contributed by atoms with Crippen LogP contribution in [0.25, 0.3) is 0 Å². The minimum absolute atomic E-state index is 0.0000995. The van der Waals surface area contributed by atoms with Crippen LogP contribution in [0.2, 0.25) is 0 Å². The Labute approximate surface area is 153 Å². The highest BCUT2D eigenvalue weighted by Crippen LogP contribution is 2.64. The summed E-state index contributed by atoms with van der Waals surface area (Å²) < 4.78 is 0. The van der Waals surface area contributed by atoms with Crippen molar-refractivity contribution in [3.8, 4) is 0 Å². The van der Waals surface area contributed by atoms with Crippen molar-refractivity contribution in [3.05, 3.63) is 102 Å². The van der Waals surface area contributed by atoms with E-state index in [0.717, 1.165) is 21.2 Å². The molecule has 128 valence electrons. The van der Waals surface area contributed by atoms with E-state index in [4.69, 9.17) is 0 Å². The van der Waals surface area contributed by atoms with E-state index in [1.165, 1.54) is 0 Å². The topological polar surface area (TPSA) is 49.3 Å². The van der Waals surface area contributed by atoms with E-state index in [1.807, 2.05) is 54.6 Å². The fraction of sp³-hybridized carbons (Fsp3) is 0.0455. The third-order valence-corrected chi connectivity index (χ3v) is 9.09. The van der Waals surface area contributed by atoms with Crippen molar-refractivity contribution in [2.24, 2.45) is 0 Å². The number of carbonyl (C=O) groups excluding carboxylic acids is 1. The molecule has 0 fully saturated rings. The molecule has 0 unspecified atom stereocenters.